The van der Waals surface area contributed by atoms with E-state index >= 15 is 0 Å². The summed E-state index contributed by atoms with van der Waals surface area (Å²) in [5.41, 5.74) is 0. The van der Waals surface area contributed by atoms with Gasteiger partial charge in [0.1, 0.15) is 0 Å². The zero-order valence-electron chi connectivity index (χ0n) is 18.7. The van der Waals surface area contributed by atoms with E-state index in [-0.39, 0.29) is 0 Å². The van der Waals surface area contributed by atoms with Crippen LogP contribution in [0.5, 0.6) is 0 Å². The molecule has 0 radical (unpaired) electrons. The lowest BCUT2D eigenvalue weighted by atomic mass is 10.2. The Morgan fingerprint density at radius 3 is 1.15 bits per heavy atom. The van der Waals surface area contributed by atoms with Gasteiger partial charge >= 0.3 is 0 Å². The highest BCUT2D eigenvalue weighted by Crippen LogP contribution is 2.03. The summed E-state index contributed by atoms with van der Waals surface area (Å²) in [4.78, 5) is 14.3. The van der Waals surface area contributed by atoms with Crippen LogP contribution in [0.1, 0.15) is 13.3 Å². The predicted molar refractivity (Wildman–Crippen MR) is 114 cm³/mol. The van der Waals surface area contributed by atoms with Gasteiger partial charge < -0.3 is 29.4 Å². The van der Waals surface area contributed by atoms with Gasteiger partial charge in [0.05, 0.1) is 0 Å². The van der Waals surface area contributed by atoms with Crippen LogP contribution >= 0.6 is 0 Å². The second-order valence-electron chi connectivity index (χ2n) is 8.66. The Morgan fingerprint density at radius 1 is 0.462 bits per heavy atom. The monoisotopic (exact) mass is 370 g/mol. The van der Waals surface area contributed by atoms with Crippen molar-refractivity contribution >= 4 is 0 Å². The summed E-state index contributed by atoms with van der Waals surface area (Å²) in [7, 11) is 13.1. The third kappa shape index (κ3) is 10.8. The van der Waals surface area contributed by atoms with Crippen LogP contribution in [0.15, 0.2) is 0 Å². The van der Waals surface area contributed by atoms with Gasteiger partial charge in [-0.3, -0.25) is 0 Å². The summed E-state index contributed by atoms with van der Waals surface area (Å²) in [5.74, 6) is 0. The Balaban J connectivity index is 0.000000195. The molecule has 3 aliphatic heterocycles. The lowest BCUT2D eigenvalue weighted by Gasteiger charge is -2.35. The van der Waals surface area contributed by atoms with E-state index in [4.69, 9.17) is 0 Å². The summed E-state index contributed by atoms with van der Waals surface area (Å²) in [5, 5.41) is 0. The predicted octanol–water partition coefficient (Wildman–Crippen LogP) is 0.369. The Bertz CT molecular complexity index is 322. The number of nitrogens with zero attached hydrogens (tertiary/aromatic N) is 6. The minimum atomic E-state index is 0.740. The van der Waals surface area contributed by atoms with Gasteiger partial charge in [-0.2, -0.15) is 0 Å². The Morgan fingerprint density at radius 2 is 0.808 bits per heavy atom. The first-order chi connectivity index (χ1) is 12.3. The van der Waals surface area contributed by atoms with Crippen LogP contribution in [0.3, 0.4) is 0 Å². The molecule has 3 saturated heterocycles. The molecule has 0 spiro atoms. The molecule has 0 aromatic rings. The molecule has 0 bridgehead atoms. The van der Waals surface area contributed by atoms with Gasteiger partial charge in [-0.15, -0.1) is 0 Å². The van der Waals surface area contributed by atoms with Crippen molar-refractivity contribution in [2.24, 2.45) is 0 Å². The molecule has 1 atom stereocenters. The maximum absolute atomic E-state index is 2.40. The zero-order valence-corrected chi connectivity index (χ0v) is 18.7. The Hall–Kier alpha value is -0.240. The molecule has 0 N–H and O–H groups in total. The minimum absolute atomic E-state index is 0.740. The first-order valence-corrected chi connectivity index (χ1v) is 10.4. The van der Waals surface area contributed by atoms with E-state index in [9.17, 15) is 0 Å². The van der Waals surface area contributed by atoms with Crippen molar-refractivity contribution in [2.75, 3.05) is 114 Å². The van der Waals surface area contributed by atoms with Crippen molar-refractivity contribution < 1.29 is 0 Å². The lowest BCUT2D eigenvalue weighted by Crippen LogP contribution is -2.48. The van der Waals surface area contributed by atoms with Crippen LogP contribution in [0, 0.1) is 0 Å². The van der Waals surface area contributed by atoms with Gasteiger partial charge in [0.15, 0.2) is 0 Å². The van der Waals surface area contributed by atoms with Crippen molar-refractivity contribution in [3.8, 4) is 0 Å². The molecule has 0 amide bonds. The fraction of sp³-hybridized carbons (Fsp3) is 1.00. The summed E-state index contributed by atoms with van der Waals surface area (Å²) < 4.78 is 0. The second kappa shape index (κ2) is 13.0. The van der Waals surface area contributed by atoms with Crippen LogP contribution in [0.25, 0.3) is 0 Å². The van der Waals surface area contributed by atoms with E-state index in [0.717, 1.165) is 6.04 Å². The van der Waals surface area contributed by atoms with Crippen LogP contribution in [0.2, 0.25) is 0 Å². The summed E-state index contributed by atoms with van der Waals surface area (Å²) >= 11 is 0. The number of likely N-dealkylation sites (N-methyl/N-ethyl adjacent to an activating group) is 6. The normalized spacial score (nSPS) is 28.5. The third-order valence-electron chi connectivity index (χ3n) is 5.83. The van der Waals surface area contributed by atoms with Gasteiger partial charge in [0, 0.05) is 64.9 Å². The zero-order chi connectivity index (χ0) is 19.5. The third-order valence-corrected chi connectivity index (χ3v) is 5.83. The number of hydrogen-bond acceptors (Lipinski definition) is 6. The molecular formula is C20H46N6. The molecule has 3 aliphatic rings. The minimum Gasteiger partial charge on any atom is -0.305 e. The van der Waals surface area contributed by atoms with E-state index in [2.05, 4.69) is 78.6 Å². The molecule has 6 heteroatoms. The molecule has 0 aromatic carbocycles. The number of rotatable bonds is 0. The second-order valence-corrected chi connectivity index (χ2v) is 8.66. The smallest absolute Gasteiger partial charge is 0.0192 e. The SMILES string of the molecule is CC1CN(C)CCN1C.CN1CCCN(C)CC1.CN1CCN(C)CC1. The molecule has 3 rings (SSSR count). The molecule has 0 saturated carbocycles. The summed E-state index contributed by atoms with van der Waals surface area (Å²) in [6, 6.07) is 0.740. The van der Waals surface area contributed by atoms with E-state index in [1.165, 1.54) is 78.4 Å². The van der Waals surface area contributed by atoms with Crippen molar-refractivity contribution in [1.29, 1.82) is 0 Å². The van der Waals surface area contributed by atoms with Crippen molar-refractivity contribution in [3.63, 3.8) is 0 Å². The van der Waals surface area contributed by atoms with E-state index in [1.807, 2.05) is 0 Å². The van der Waals surface area contributed by atoms with E-state index in [1.54, 1.807) is 0 Å². The molecule has 0 aliphatic carbocycles. The molecular weight excluding hydrogens is 324 g/mol. The topological polar surface area (TPSA) is 19.4 Å². The van der Waals surface area contributed by atoms with Crippen molar-refractivity contribution in [2.45, 2.75) is 19.4 Å². The van der Waals surface area contributed by atoms with Gasteiger partial charge in [-0.25, -0.2) is 0 Å². The van der Waals surface area contributed by atoms with Crippen molar-refractivity contribution in [3.05, 3.63) is 0 Å². The van der Waals surface area contributed by atoms with Crippen LogP contribution in [0.4, 0.5) is 0 Å². The Labute approximate surface area is 163 Å². The fourth-order valence-corrected chi connectivity index (χ4v) is 3.31. The average molecular weight is 371 g/mol. The quantitative estimate of drug-likeness (QED) is 0.609. The average Bonchev–Trinajstić information content (AvgIpc) is 2.79. The van der Waals surface area contributed by atoms with Gasteiger partial charge in [-0.05, 0) is 68.7 Å². The van der Waals surface area contributed by atoms with Crippen LogP contribution in [-0.2, 0) is 0 Å². The Kier molecular flexibility index (Phi) is 11.9. The highest BCUT2D eigenvalue weighted by molar-refractivity contribution is 4.73. The fourth-order valence-electron chi connectivity index (χ4n) is 3.31. The van der Waals surface area contributed by atoms with Crippen LogP contribution < -0.4 is 0 Å². The molecule has 156 valence electrons. The maximum Gasteiger partial charge on any atom is 0.0192 e. The first-order valence-electron chi connectivity index (χ1n) is 10.4. The van der Waals surface area contributed by atoms with E-state index < -0.39 is 0 Å². The van der Waals surface area contributed by atoms with Crippen molar-refractivity contribution in [1.82, 2.24) is 29.4 Å². The highest BCUT2D eigenvalue weighted by Gasteiger charge is 2.16. The number of hydrogen-bond donors (Lipinski definition) is 0. The summed E-state index contributed by atoms with van der Waals surface area (Å²) in [6.07, 6.45) is 1.33. The van der Waals surface area contributed by atoms with Crippen LogP contribution in [-0.4, -0.2) is 150 Å². The van der Waals surface area contributed by atoms with E-state index in [0.29, 0.717) is 0 Å². The standard InChI is InChI=1S/2C7H16N2.C6H14N2/c1-7-6-8(2)4-5-9(7)3;1-8-4-3-5-9(2)7-6-8;1-7-3-5-8(2)6-4-7/h7H,4-6H2,1-3H3;3-7H2,1-2H3;3-6H2,1-2H3. The molecule has 6 nitrogen and oxygen atoms in total. The molecule has 1 unspecified atom stereocenters. The first kappa shape index (κ1) is 23.8. The van der Waals surface area contributed by atoms with Gasteiger partial charge in [0.25, 0.3) is 0 Å². The number of piperazine rings is 2. The van der Waals surface area contributed by atoms with Gasteiger partial charge in [-0.1, -0.05) is 0 Å². The molecule has 26 heavy (non-hydrogen) atoms. The molecule has 3 heterocycles. The highest BCUT2D eigenvalue weighted by atomic mass is 15.3. The van der Waals surface area contributed by atoms with Gasteiger partial charge in [0.2, 0.25) is 0 Å². The molecule has 0 aromatic heterocycles. The lowest BCUT2D eigenvalue weighted by molar-refractivity contribution is 0.125. The largest absolute Gasteiger partial charge is 0.305 e. The summed E-state index contributed by atoms with van der Waals surface area (Å²) in [6.45, 7) is 15.9. The maximum atomic E-state index is 2.40. The molecule has 3 fully saturated rings.